The number of hydrogen-bond acceptors (Lipinski definition) is 4. The molecule has 0 amide bonds. The standard InChI is InChI=1S/C10H10N4O/c1-7-6-10(13-12-7)11-8-2-4-9(14-15)5-3-8/h2-6H,1H3,(H2,11,12,13). The molecule has 0 saturated carbocycles. The Bertz CT molecular complexity index is 461. The summed E-state index contributed by atoms with van der Waals surface area (Å²) >= 11 is 0. The van der Waals surface area contributed by atoms with Crippen molar-refractivity contribution in [3.8, 4) is 0 Å². The summed E-state index contributed by atoms with van der Waals surface area (Å²) in [7, 11) is 0. The van der Waals surface area contributed by atoms with E-state index in [0.29, 0.717) is 5.69 Å². The van der Waals surface area contributed by atoms with Crippen LogP contribution < -0.4 is 5.32 Å². The van der Waals surface area contributed by atoms with E-state index in [9.17, 15) is 4.91 Å². The normalized spacial score (nSPS) is 9.93. The first-order valence-corrected chi connectivity index (χ1v) is 4.50. The van der Waals surface area contributed by atoms with Crippen LogP contribution in [0.2, 0.25) is 0 Å². The highest BCUT2D eigenvalue weighted by molar-refractivity contribution is 5.58. The van der Waals surface area contributed by atoms with Crippen molar-refractivity contribution in [1.82, 2.24) is 10.2 Å². The summed E-state index contributed by atoms with van der Waals surface area (Å²) in [5.74, 6) is 0.749. The predicted octanol–water partition coefficient (Wildman–Crippen LogP) is 2.86. The lowest BCUT2D eigenvalue weighted by atomic mass is 10.3. The third-order valence-electron chi connectivity index (χ3n) is 1.95. The van der Waals surface area contributed by atoms with Crippen molar-refractivity contribution in [1.29, 1.82) is 0 Å². The SMILES string of the molecule is Cc1cc(Nc2ccc(N=O)cc2)n[nH]1. The lowest BCUT2D eigenvalue weighted by Crippen LogP contribution is -1.89. The Morgan fingerprint density at radius 1 is 1.33 bits per heavy atom. The summed E-state index contributed by atoms with van der Waals surface area (Å²) in [6.45, 7) is 1.93. The Labute approximate surface area is 86.5 Å². The Morgan fingerprint density at radius 2 is 2.07 bits per heavy atom. The second-order valence-electron chi connectivity index (χ2n) is 3.20. The van der Waals surface area contributed by atoms with E-state index >= 15 is 0 Å². The number of rotatable bonds is 3. The highest BCUT2D eigenvalue weighted by atomic mass is 16.3. The average Bonchev–Trinajstić information content (AvgIpc) is 2.65. The molecule has 5 nitrogen and oxygen atoms in total. The summed E-state index contributed by atoms with van der Waals surface area (Å²) < 4.78 is 0. The van der Waals surface area contributed by atoms with Gasteiger partial charge in [-0.05, 0) is 36.4 Å². The van der Waals surface area contributed by atoms with Crippen LogP contribution in [-0.2, 0) is 0 Å². The van der Waals surface area contributed by atoms with Crippen LogP contribution in [-0.4, -0.2) is 10.2 Å². The fourth-order valence-corrected chi connectivity index (χ4v) is 1.24. The Hall–Kier alpha value is -2.17. The largest absolute Gasteiger partial charge is 0.339 e. The summed E-state index contributed by atoms with van der Waals surface area (Å²) in [6, 6.07) is 8.75. The van der Waals surface area contributed by atoms with Crippen LogP contribution in [0, 0.1) is 11.8 Å². The number of H-pyrrole nitrogens is 1. The van der Waals surface area contributed by atoms with Crippen molar-refractivity contribution in [2.24, 2.45) is 5.18 Å². The van der Waals surface area contributed by atoms with E-state index < -0.39 is 0 Å². The number of hydrogen-bond donors (Lipinski definition) is 2. The van der Waals surface area contributed by atoms with Crippen LogP contribution in [0.3, 0.4) is 0 Å². The van der Waals surface area contributed by atoms with E-state index in [1.165, 1.54) is 0 Å². The molecular weight excluding hydrogens is 192 g/mol. The highest BCUT2D eigenvalue weighted by Crippen LogP contribution is 2.19. The number of nitroso groups, excluding NO2 is 1. The van der Waals surface area contributed by atoms with Crippen LogP contribution in [0.15, 0.2) is 35.5 Å². The Kier molecular flexibility index (Phi) is 2.45. The van der Waals surface area contributed by atoms with Crippen LogP contribution in [0.1, 0.15) is 5.69 Å². The number of aryl methyl sites for hydroxylation is 1. The van der Waals surface area contributed by atoms with Crippen LogP contribution in [0.5, 0.6) is 0 Å². The first kappa shape index (κ1) is 9.39. The first-order chi connectivity index (χ1) is 7.28. The predicted molar refractivity (Wildman–Crippen MR) is 58.5 cm³/mol. The minimum atomic E-state index is 0.416. The van der Waals surface area contributed by atoms with E-state index in [4.69, 9.17) is 0 Å². The van der Waals surface area contributed by atoms with E-state index in [2.05, 4.69) is 20.7 Å². The van der Waals surface area contributed by atoms with E-state index in [1.807, 2.05) is 13.0 Å². The summed E-state index contributed by atoms with van der Waals surface area (Å²) in [5, 5.41) is 12.8. The third kappa shape index (κ3) is 2.19. The molecule has 0 aliphatic rings. The zero-order valence-electron chi connectivity index (χ0n) is 8.19. The lowest BCUT2D eigenvalue weighted by molar-refractivity contribution is 1.05. The Morgan fingerprint density at radius 3 is 2.60 bits per heavy atom. The minimum absolute atomic E-state index is 0.416. The van der Waals surface area contributed by atoms with Gasteiger partial charge in [0.15, 0.2) is 5.82 Å². The average molecular weight is 202 g/mol. The number of benzene rings is 1. The quantitative estimate of drug-likeness (QED) is 0.752. The van der Waals surface area contributed by atoms with Gasteiger partial charge in [0.05, 0.1) is 0 Å². The van der Waals surface area contributed by atoms with Crippen molar-refractivity contribution in [2.45, 2.75) is 6.92 Å². The molecule has 2 N–H and O–H groups in total. The van der Waals surface area contributed by atoms with Gasteiger partial charge in [0, 0.05) is 17.4 Å². The van der Waals surface area contributed by atoms with Gasteiger partial charge in [0.1, 0.15) is 5.69 Å². The fourth-order valence-electron chi connectivity index (χ4n) is 1.24. The number of anilines is 2. The first-order valence-electron chi connectivity index (χ1n) is 4.50. The molecule has 1 heterocycles. The van der Waals surface area contributed by atoms with Gasteiger partial charge in [-0.2, -0.15) is 5.10 Å². The van der Waals surface area contributed by atoms with Crippen molar-refractivity contribution in [3.05, 3.63) is 40.9 Å². The number of nitrogens with one attached hydrogen (secondary N) is 2. The number of nitrogens with zero attached hydrogens (tertiary/aromatic N) is 2. The number of aromatic nitrogens is 2. The van der Waals surface area contributed by atoms with Gasteiger partial charge in [-0.3, -0.25) is 5.10 Å². The molecule has 2 rings (SSSR count). The van der Waals surface area contributed by atoms with Gasteiger partial charge in [-0.25, -0.2) is 0 Å². The van der Waals surface area contributed by atoms with Gasteiger partial charge < -0.3 is 5.32 Å². The molecule has 0 spiro atoms. The zero-order chi connectivity index (χ0) is 10.7. The molecule has 0 atom stereocenters. The van der Waals surface area contributed by atoms with Gasteiger partial charge in [-0.1, -0.05) is 0 Å². The van der Waals surface area contributed by atoms with E-state index in [1.54, 1.807) is 24.3 Å². The smallest absolute Gasteiger partial charge is 0.152 e. The molecule has 15 heavy (non-hydrogen) atoms. The van der Waals surface area contributed by atoms with Gasteiger partial charge in [0.25, 0.3) is 0 Å². The van der Waals surface area contributed by atoms with Gasteiger partial charge in [-0.15, -0.1) is 4.91 Å². The maximum Gasteiger partial charge on any atom is 0.152 e. The number of aromatic amines is 1. The van der Waals surface area contributed by atoms with Crippen molar-refractivity contribution < 1.29 is 0 Å². The minimum Gasteiger partial charge on any atom is -0.339 e. The highest BCUT2D eigenvalue weighted by Gasteiger charge is 1.98. The topological polar surface area (TPSA) is 70.1 Å². The second-order valence-corrected chi connectivity index (χ2v) is 3.20. The maximum absolute atomic E-state index is 10.2. The van der Waals surface area contributed by atoms with Gasteiger partial charge in [0.2, 0.25) is 0 Å². The molecule has 0 radical (unpaired) electrons. The zero-order valence-corrected chi connectivity index (χ0v) is 8.19. The molecule has 0 unspecified atom stereocenters. The van der Waals surface area contributed by atoms with Crippen molar-refractivity contribution in [3.63, 3.8) is 0 Å². The molecule has 0 aliphatic heterocycles. The second kappa shape index (κ2) is 3.91. The Balaban J connectivity index is 2.14. The summed E-state index contributed by atoms with van der Waals surface area (Å²) in [5.41, 5.74) is 2.27. The molecular formula is C10H10N4O. The molecule has 76 valence electrons. The summed E-state index contributed by atoms with van der Waals surface area (Å²) in [4.78, 5) is 10.2. The van der Waals surface area contributed by atoms with E-state index in [-0.39, 0.29) is 0 Å². The van der Waals surface area contributed by atoms with Crippen LogP contribution in [0.4, 0.5) is 17.2 Å². The summed E-state index contributed by atoms with van der Waals surface area (Å²) in [6.07, 6.45) is 0. The molecule has 0 saturated heterocycles. The molecule has 1 aromatic heterocycles. The molecule has 0 aliphatic carbocycles. The van der Waals surface area contributed by atoms with Crippen molar-refractivity contribution >= 4 is 17.2 Å². The van der Waals surface area contributed by atoms with Crippen LogP contribution in [0.25, 0.3) is 0 Å². The van der Waals surface area contributed by atoms with Crippen molar-refractivity contribution in [2.75, 3.05) is 5.32 Å². The molecule has 1 aromatic carbocycles. The lowest BCUT2D eigenvalue weighted by Gasteiger charge is -2.01. The monoisotopic (exact) mass is 202 g/mol. The third-order valence-corrected chi connectivity index (χ3v) is 1.95. The van der Waals surface area contributed by atoms with E-state index in [0.717, 1.165) is 17.2 Å². The fraction of sp³-hybridized carbons (Fsp3) is 0.100. The van der Waals surface area contributed by atoms with Crippen LogP contribution >= 0.6 is 0 Å². The molecule has 0 fully saturated rings. The maximum atomic E-state index is 10.2. The molecule has 2 aromatic rings. The molecule has 0 bridgehead atoms. The molecule has 5 heteroatoms. The van der Waals surface area contributed by atoms with Gasteiger partial charge >= 0.3 is 0 Å².